The smallest absolute Gasteiger partial charge is 0.341 e. The highest BCUT2D eigenvalue weighted by atomic mass is 32.1. The van der Waals surface area contributed by atoms with Crippen LogP contribution in [0.15, 0.2) is 29.6 Å². The van der Waals surface area contributed by atoms with Gasteiger partial charge in [0.2, 0.25) is 5.91 Å². The first-order chi connectivity index (χ1) is 12.1. The Morgan fingerprint density at radius 3 is 2.48 bits per heavy atom. The van der Waals surface area contributed by atoms with E-state index in [1.165, 1.54) is 11.3 Å². The monoisotopic (exact) mass is 359 g/mol. The van der Waals surface area contributed by atoms with Crippen molar-refractivity contribution in [3.8, 4) is 16.9 Å². The number of esters is 1. The zero-order valence-corrected chi connectivity index (χ0v) is 15.2. The highest BCUT2D eigenvalue weighted by Crippen LogP contribution is 2.38. The normalized spacial score (nSPS) is 13.4. The van der Waals surface area contributed by atoms with Gasteiger partial charge in [0.15, 0.2) is 0 Å². The predicted octanol–water partition coefficient (Wildman–Crippen LogP) is 4.34. The van der Waals surface area contributed by atoms with Gasteiger partial charge >= 0.3 is 5.97 Å². The summed E-state index contributed by atoms with van der Waals surface area (Å²) in [5, 5.41) is 5.32. The summed E-state index contributed by atoms with van der Waals surface area (Å²) in [6.07, 6.45) is 1.83. The van der Waals surface area contributed by atoms with Gasteiger partial charge in [-0.2, -0.15) is 0 Å². The molecule has 1 fully saturated rings. The second kappa shape index (κ2) is 7.70. The van der Waals surface area contributed by atoms with E-state index in [0.29, 0.717) is 17.2 Å². The van der Waals surface area contributed by atoms with Crippen LogP contribution in [0.2, 0.25) is 0 Å². The number of thiophene rings is 1. The van der Waals surface area contributed by atoms with Crippen LogP contribution in [-0.2, 0) is 9.53 Å². The van der Waals surface area contributed by atoms with Crippen molar-refractivity contribution in [2.45, 2.75) is 26.7 Å². The molecule has 25 heavy (non-hydrogen) atoms. The number of carbonyl (C=O) groups excluding carboxylic acids is 2. The number of nitrogens with one attached hydrogen (secondary N) is 1. The number of anilines is 1. The maximum Gasteiger partial charge on any atom is 0.341 e. The number of carbonyl (C=O) groups is 2. The van der Waals surface area contributed by atoms with E-state index >= 15 is 0 Å². The van der Waals surface area contributed by atoms with Crippen molar-refractivity contribution in [2.75, 3.05) is 18.5 Å². The SMILES string of the molecule is CCOC(=O)c1c(-c2ccc(OCC)cc2)csc1NC(=O)C1CC1. The molecule has 132 valence electrons. The number of rotatable bonds is 7. The van der Waals surface area contributed by atoms with Crippen LogP contribution >= 0.6 is 11.3 Å². The average molecular weight is 359 g/mol. The van der Waals surface area contributed by atoms with Crippen LogP contribution in [0.1, 0.15) is 37.0 Å². The number of ether oxygens (including phenoxy) is 2. The quantitative estimate of drug-likeness (QED) is 0.747. The van der Waals surface area contributed by atoms with E-state index in [1.807, 2.05) is 36.6 Å². The summed E-state index contributed by atoms with van der Waals surface area (Å²) in [4.78, 5) is 24.6. The first-order valence-corrected chi connectivity index (χ1v) is 9.34. The number of hydrogen-bond donors (Lipinski definition) is 1. The Bertz CT molecular complexity index is 762. The minimum absolute atomic E-state index is 0.0226. The molecule has 0 saturated heterocycles. The summed E-state index contributed by atoms with van der Waals surface area (Å²) < 4.78 is 10.7. The number of amides is 1. The fraction of sp³-hybridized carbons (Fsp3) is 0.368. The summed E-state index contributed by atoms with van der Waals surface area (Å²) in [6.45, 7) is 4.58. The molecule has 1 heterocycles. The van der Waals surface area contributed by atoms with E-state index in [4.69, 9.17) is 9.47 Å². The lowest BCUT2D eigenvalue weighted by atomic mass is 10.0. The molecule has 1 N–H and O–H groups in total. The van der Waals surface area contributed by atoms with Gasteiger partial charge in [-0.25, -0.2) is 4.79 Å². The van der Waals surface area contributed by atoms with Gasteiger partial charge in [0.25, 0.3) is 0 Å². The molecule has 1 aliphatic rings. The van der Waals surface area contributed by atoms with Gasteiger partial charge in [0, 0.05) is 16.9 Å². The van der Waals surface area contributed by atoms with Crippen molar-refractivity contribution in [1.82, 2.24) is 0 Å². The molecule has 1 aromatic carbocycles. The molecule has 5 nitrogen and oxygen atoms in total. The van der Waals surface area contributed by atoms with Crippen molar-refractivity contribution in [3.63, 3.8) is 0 Å². The number of benzene rings is 1. The molecule has 3 rings (SSSR count). The summed E-state index contributed by atoms with van der Waals surface area (Å²) in [7, 11) is 0. The second-order valence-corrected chi connectivity index (χ2v) is 6.67. The molecule has 1 saturated carbocycles. The molecule has 0 spiro atoms. The first kappa shape index (κ1) is 17.5. The lowest BCUT2D eigenvalue weighted by Crippen LogP contribution is -2.15. The van der Waals surface area contributed by atoms with E-state index in [0.717, 1.165) is 29.7 Å². The van der Waals surface area contributed by atoms with Crippen molar-refractivity contribution in [2.24, 2.45) is 5.92 Å². The molecule has 0 bridgehead atoms. The van der Waals surface area contributed by atoms with Gasteiger partial charge in [-0.1, -0.05) is 12.1 Å². The highest BCUT2D eigenvalue weighted by Gasteiger charge is 2.31. The van der Waals surface area contributed by atoms with Gasteiger partial charge in [-0.15, -0.1) is 11.3 Å². The molecule has 0 aliphatic heterocycles. The van der Waals surface area contributed by atoms with E-state index in [9.17, 15) is 9.59 Å². The fourth-order valence-corrected chi connectivity index (χ4v) is 3.49. The lowest BCUT2D eigenvalue weighted by molar-refractivity contribution is -0.117. The largest absolute Gasteiger partial charge is 0.494 e. The van der Waals surface area contributed by atoms with Crippen LogP contribution in [0.3, 0.4) is 0 Å². The Hall–Kier alpha value is -2.34. The Morgan fingerprint density at radius 1 is 1.16 bits per heavy atom. The van der Waals surface area contributed by atoms with Crippen LogP contribution in [0.25, 0.3) is 11.1 Å². The fourth-order valence-electron chi connectivity index (χ4n) is 2.53. The second-order valence-electron chi connectivity index (χ2n) is 5.79. The maximum absolute atomic E-state index is 12.5. The van der Waals surface area contributed by atoms with Crippen LogP contribution in [-0.4, -0.2) is 25.1 Å². The molecule has 1 aliphatic carbocycles. The Kier molecular flexibility index (Phi) is 5.38. The van der Waals surface area contributed by atoms with Crippen LogP contribution in [0.5, 0.6) is 5.75 Å². The van der Waals surface area contributed by atoms with Crippen molar-refractivity contribution in [1.29, 1.82) is 0 Å². The Morgan fingerprint density at radius 2 is 1.88 bits per heavy atom. The van der Waals surface area contributed by atoms with Crippen LogP contribution in [0.4, 0.5) is 5.00 Å². The van der Waals surface area contributed by atoms with Gasteiger partial charge < -0.3 is 14.8 Å². The third-order valence-electron chi connectivity index (χ3n) is 3.93. The summed E-state index contributed by atoms with van der Waals surface area (Å²) in [6, 6.07) is 7.55. The Balaban J connectivity index is 1.92. The van der Waals surface area contributed by atoms with Crippen LogP contribution < -0.4 is 10.1 Å². The third kappa shape index (κ3) is 4.02. The third-order valence-corrected chi connectivity index (χ3v) is 4.83. The summed E-state index contributed by atoms with van der Waals surface area (Å²) >= 11 is 1.35. The average Bonchev–Trinajstić information content (AvgIpc) is 3.37. The maximum atomic E-state index is 12.5. The zero-order chi connectivity index (χ0) is 17.8. The lowest BCUT2D eigenvalue weighted by Gasteiger charge is -2.09. The van der Waals surface area contributed by atoms with Gasteiger partial charge in [-0.05, 0) is 44.4 Å². The van der Waals surface area contributed by atoms with Gasteiger partial charge in [0.05, 0.1) is 13.2 Å². The molecule has 0 unspecified atom stereocenters. The van der Waals surface area contributed by atoms with Gasteiger partial charge in [-0.3, -0.25) is 4.79 Å². The van der Waals surface area contributed by atoms with Crippen molar-refractivity contribution in [3.05, 3.63) is 35.2 Å². The summed E-state index contributed by atoms with van der Waals surface area (Å²) in [5.74, 6) is 0.414. The minimum Gasteiger partial charge on any atom is -0.494 e. The van der Waals surface area contributed by atoms with Crippen molar-refractivity contribution >= 4 is 28.2 Å². The molecular weight excluding hydrogens is 338 g/mol. The van der Waals surface area contributed by atoms with E-state index in [2.05, 4.69) is 5.32 Å². The molecule has 6 heteroatoms. The van der Waals surface area contributed by atoms with E-state index in [1.54, 1.807) is 6.92 Å². The summed E-state index contributed by atoms with van der Waals surface area (Å²) in [5.41, 5.74) is 2.07. The molecule has 2 aromatic rings. The first-order valence-electron chi connectivity index (χ1n) is 8.46. The number of hydrogen-bond acceptors (Lipinski definition) is 5. The molecule has 0 radical (unpaired) electrons. The van der Waals surface area contributed by atoms with Crippen molar-refractivity contribution < 1.29 is 19.1 Å². The highest BCUT2D eigenvalue weighted by molar-refractivity contribution is 7.15. The minimum atomic E-state index is -0.418. The Labute approximate surface area is 151 Å². The van der Waals surface area contributed by atoms with Crippen LogP contribution in [0, 0.1) is 5.92 Å². The zero-order valence-electron chi connectivity index (χ0n) is 14.3. The molecule has 1 aromatic heterocycles. The van der Waals surface area contributed by atoms with Gasteiger partial charge in [0.1, 0.15) is 16.3 Å². The standard InChI is InChI=1S/C19H21NO4S/c1-3-23-14-9-7-12(8-10-14)15-11-25-18(16(15)19(22)24-4-2)20-17(21)13-5-6-13/h7-11,13H,3-6H2,1-2H3,(H,20,21). The predicted molar refractivity (Wildman–Crippen MR) is 98.2 cm³/mol. The van der Waals surface area contributed by atoms with E-state index in [-0.39, 0.29) is 18.4 Å². The van der Waals surface area contributed by atoms with E-state index < -0.39 is 5.97 Å². The molecule has 0 atom stereocenters. The topological polar surface area (TPSA) is 64.6 Å². The molecule has 1 amide bonds. The molecular formula is C19H21NO4S.